The van der Waals surface area contributed by atoms with E-state index >= 15 is 0 Å². The largest absolute Gasteiger partial charge is 0.454 e. The third kappa shape index (κ3) is 4.91. The number of carbonyl (C=O) groups is 2. The monoisotopic (exact) mass is 397 g/mol. The van der Waals surface area contributed by atoms with Crippen molar-refractivity contribution in [3.63, 3.8) is 0 Å². The van der Waals surface area contributed by atoms with Crippen LogP contribution in [0.3, 0.4) is 0 Å². The van der Waals surface area contributed by atoms with E-state index in [1.807, 2.05) is 10.3 Å². The fourth-order valence-corrected chi connectivity index (χ4v) is 3.51. The van der Waals surface area contributed by atoms with E-state index in [-0.39, 0.29) is 11.4 Å². The highest BCUT2D eigenvalue weighted by Gasteiger charge is 2.33. The number of anilines is 2. The fraction of sp³-hybridized carbons (Fsp3) is 0.353. The van der Waals surface area contributed by atoms with Gasteiger partial charge in [0.2, 0.25) is 0 Å². The zero-order valence-corrected chi connectivity index (χ0v) is 15.0. The molecule has 1 aromatic carbocycles. The summed E-state index contributed by atoms with van der Waals surface area (Å²) in [5.41, 5.74) is 0.0733. The summed E-state index contributed by atoms with van der Waals surface area (Å²) >= 11 is 1.43. The van der Waals surface area contributed by atoms with Gasteiger partial charge in [-0.3, -0.25) is 4.79 Å². The Morgan fingerprint density at radius 1 is 1.37 bits per heavy atom. The van der Waals surface area contributed by atoms with Crippen molar-refractivity contribution >= 4 is 34.0 Å². The highest BCUT2D eigenvalue weighted by atomic mass is 32.1. The van der Waals surface area contributed by atoms with Crippen LogP contribution in [0.2, 0.25) is 0 Å². The number of carbonyl (C=O) groups excluding carboxylic acids is 2. The Morgan fingerprint density at radius 3 is 2.93 bits per heavy atom. The van der Waals surface area contributed by atoms with Gasteiger partial charge in [0.1, 0.15) is 11.8 Å². The van der Waals surface area contributed by atoms with E-state index in [9.17, 15) is 18.4 Å². The van der Waals surface area contributed by atoms with Crippen LogP contribution in [0.1, 0.15) is 12.8 Å². The molecule has 10 heteroatoms. The minimum absolute atomic E-state index is 0.0733. The van der Waals surface area contributed by atoms with E-state index in [2.05, 4.69) is 15.0 Å². The lowest BCUT2D eigenvalue weighted by molar-refractivity contribution is -0.148. The molecule has 0 saturated carbocycles. The Balaban J connectivity index is 1.54. The Bertz CT molecular complexity index is 788. The highest BCUT2D eigenvalue weighted by molar-refractivity contribution is 7.13. The van der Waals surface area contributed by atoms with Crippen molar-refractivity contribution in [1.82, 2.24) is 4.98 Å². The van der Waals surface area contributed by atoms with Gasteiger partial charge < -0.3 is 19.7 Å². The Labute approximate surface area is 157 Å². The van der Waals surface area contributed by atoms with Gasteiger partial charge in [0, 0.05) is 18.1 Å². The van der Waals surface area contributed by atoms with E-state index in [0.29, 0.717) is 13.0 Å². The normalized spacial score (nSPS) is 16.4. The maximum absolute atomic E-state index is 12.4. The molecule has 1 aliphatic rings. The Kier molecular flexibility index (Phi) is 6.17. The van der Waals surface area contributed by atoms with Crippen LogP contribution in [0.4, 0.5) is 19.6 Å². The van der Waals surface area contributed by atoms with Crippen molar-refractivity contribution in [3.8, 4) is 5.75 Å². The number of benzene rings is 1. The number of hydrogen-bond acceptors (Lipinski definition) is 7. The second kappa shape index (κ2) is 8.76. The van der Waals surface area contributed by atoms with Gasteiger partial charge in [0.15, 0.2) is 11.7 Å². The number of alkyl halides is 2. The van der Waals surface area contributed by atoms with Crippen molar-refractivity contribution in [2.24, 2.45) is 0 Å². The number of amides is 1. The average molecular weight is 397 g/mol. The summed E-state index contributed by atoms with van der Waals surface area (Å²) in [5.74, 6) is -1.33. The second-order valence-electron chi connectivity index (χ2n) is 5.70. The average Bonchev–Trinajstić information content (AvgIpc) is 3.32. The predicted octanol–water partition coefficient (Wildman–Crippen LogP) is 2.90. The zero-order valence-electron chi connectivity index (χ0n) is 14.1. The first-order valence-corrected chi connectivity index (χ1v) is 9.09. The standard InChI is InChI=1S/C17H17F2N3O4S/c18-16(19)26-13-6-2-1-4-11(13)21-14(23)10-25-15(24)12-5-3-8-22(12)17-20-7-9-27-17/h1-2,4,6-7,9,12,16H,3,5,8,10H2,(H,21,23)/t12-/m1/s1. The summed E-state index contributed by atoms with van der Waals surface area (Å²) in [5, 5.41) is 4.96. The lowest BCUT2D eigenvalue weighted by Crippen LogP contribution is -2.38. The number of halogens is 2. The van der Waals surface area contributed by atoms with Crippen LogP contribution in [-0.4, -0.2) is 42.7 Å². The van der Waals surface area contributed by atoms with Gasteiger partial charge in [0.05, 0.1) is 5.69 Å². The number of aromatic nitrogens is 1. The summed E-state index contributed by atoms with van der Waals surface area (Å²) in [4.78, 5) is 30.4. The van der Waals surface area contributed by atoms with Gasteiger partial charge in [0.25, 0.3) is 5.91 Å². The van der Waals surface area contributed by atoms with Crippen molar-refractivity contribution in [2.75, 3.05) is 23.4 Å². The van der Waals surface area contributed by atoms with E-state index in [0.717, 1.165) is 11.6 Å². The second-order valence-corrected chi connectivity index (χ2v) is 6.57. The minimum Gasteiger partial charge on any atom is -0.454 e. The summed E-state index contributed by atoms with van der Waals surface area (Å²) < 4.78 is 34.3. The predicted molar refractivity (Wildman–Crippen MR) is 95.1 cm³/mol. The molecule has 1 aromatic heterocycles. The minimum atomic E-state index is -3.01. The zero-order chi connectivity index (χ0) is 19.2. The van der Waals surface area contributed by atoms with Crippen LogP contribution in [-0.2, 0) is 14.3 Å². The lowest BCUT2D eigenvalue weighted by Gasteiger charge is -2.22. The Hall–Kier alpha value is -2.75. The molecule has 1 N–H and O–H groups in total. The molecule has 1 fully saturated rings. The molecular weight excluding hydrogens is 380 g/mol. The lowest BCUT2D eigenvalue weighted by atomic mass is 10.2. The number of nitrogens with zero attached hydrogens (tertiary/aromatic N) is 2. The van der Waals surface area contributed by atoms with Crippen LogP contribution in [0.5, 0.6) is 5.75 Å². The molecule has 1 aliphatic heterocycles. The van der Waals surface area contributed by atoms with Crippen LogP contribution < -0.4 is 15.0 Å². The number of thiazole rings is 1. The highest BCUT2D eigenvalue weighted by Crippen LogP contribution is 2.28. The van der Waals surface area contributed by atoms with Gasteiger partial charge in [-0.25, -0.2) is 9.78 Å². The SMILES string of the molecule is O=C(COC(=O)[C@H]1CCCN1c1nccs1)Nc1ccccc1OC(F)F. The molecule has 0 spiro atoms. The molecule has 1 atom stereocenters. The molecule has 3 rings (SSSR count). The summed E-state index contributed by atoms with van der Waals surface area (Å²) in [7, 11) is 0. The van der Waals surface area contributed by atoms with Crippen molar-refractivity contribution in [2.45, 2.75) is 25.5 Å². The Morgan fingerprint density at radius 2 is 2.19 bits per heavy atom. The van der Waals surface area contributed by atoms with E-state index < -0.39 is 31.1 Å². The molecule has 7 nitrogen and oxygen atoms in total. The molecule has 2 heterocycles. The van der Waals surface area contributed by atoms with Crippen LogP contribution in [0.25, 0.3) is 0 Å². The summed E-state index contributed by atoms with van der Waals surface area (Å²) in [6.07, 6.45) is 3.10. The first kappa shape index (κ1) is 19.0. The number of ether oxygens (including phenoxy) is 2. The first-order valence-electron chi connectivity index (χ1n) is 8.21. The van der Waals surface area contributed by atoms with Gasteiger partial charge in [-0.15, -0.1) is 11.3 Å². The van der Waals surface area contributed by atoms with Gasteiger partial charge in [-0.05, 0) is 25.0 Å². The quantitative estimate of drug-likeness (QED) is 0.724. The number of rotatable bonds is 7. The molecule has 0 bridgehead atoms. The van der Waals surface area contributed by atoms with Gasteiger partial charge >= 0.3 is 12.6 Å². The molecule has 0 aliphatic carbocycles. The van der Waals surface area contributed by atoms with Crippen molar-refractivity contribution in [3.05, 3.63) is 35.8 Å². The number of para-hydroxylation sites is 2. The summed E-state index contributed by atoms with van der Waals surface area (Å²) in [6, 6.07) is 5.29. The molecule has 144 valence electrons. The third-order valence-corrected chi connectivity index (χ3v) is 4.72. The van der Waals surface area contributed by atoms with Gasteiger partial charge in [-0.1, -0.05) is 12.1 Å². The molecule has 1 saturated heterocycles. The topological polar surface area (TPSA) is 80.8 Å². The van der Waals surface area contributed by atoms with Crippen LogP contribution in [0.15, 0.2) is 35.8 Å². The van der Waals surface area contributed by atoms with Crippen LogP contribution in [0, 0.1) is 0 Å². The molecule has 0 unspecified atom stereocenters. The van der Waals surface area contributed by atoms with Crippen molar-refractivity contribution < 1.29 is 27.8 Å². The van der Waals surface area contributed by atoms with E-state index in [1.54, 1.807) is 12.3 Å². The molecule has 27 heavy (non-hydrogen) atoms. The van der Waals surface area contributed by atoms with E-state index in [1.165, 1.54) is 29.5 Å². The molecule has 1 amide bonds. The van der Waals surface area contributed by atoms with Gasteiger partial charge in [-0.2, -0.15) is 8.78 Å². The number of hydrogen-bond donors (Lipinski definition) is 1. The maximum atomic E-state index is 12.4. The number of nitrogens with one attached hydrogen (secondary N) is 1. The number of esters is 1. The first-order chi connectivity index (χ1) is 13.0. The smallest absolute Gasteiger partial charge is 0.387 e. The van der Waals surface area contributed by atoms with E-state index in [4.69, 9.17) is 4.74 Å². The molecule has 0 radical (unpaired) electrons. The van der Waals surface area contributed by atoms with Crippen LogP contribution >= 0.6 is 11.3 Å². The summed E-state index contributed by atoms with van der Waals surface area (Å²) in [6.45, 7) is -2.85. The van der Waals surface area contributed by atoms with Crippen molar-refractivity contribution in [1.29, 1.82) is 0 Å². The molecular formula is C17H17F2N3O4S. The fourth-order valence-electron chi connectivity index (χ4n) is 2.79. The molecule has 2 aromatic rings. The third-order valence-electron chi connectivity index (χ3n) is 3.91. The maximum Gasteiger partial charge on any atom is 0.387 e.